The number of hydrogen-bond acceptors (Lipinski definition) is 3. The molecule has 1 aromatic rings. The number of nitrogens with zero attached hydrogens (tertiary/aromatic N) is 2. The molecule has 1 N–H and O–H groups in total. The van der Waals surface area contributed by atoms with E-state index in [0.29, 0.717) is 5.92 Å². The minimum absolute atomic E-state index is 0.672. The number of ether oxygens (including phenoxy) is 1. The van der Waals surface area contributed by atoms with E-state index in [0.717, 1.165) is 32.0 Å². The van der Waals surface area contributed by atoms with Crippen molar-refractivity contribution in [2.75, 3.05) is 26.8 Å². The molecular formula is C14H27N3O. The van der Waals surface area contributed by atoms with Gasteiger partial charge in [-0.2, -0.15) is 5.10 Å². The van der Waals surface area contributed by atoms with E-state index in [9.17, 15) is 0 Å². The number of hydrogen-bond donors (Lipinski definition) is 1. The van der Waals surface area contributed by atoms with Gasteiger partial charge in [0.2, 0.25) is 0 Å². The molecule has 0 bridgehead atoms. The Labute approximate surface area is 111 Å². The first kappa shape index (κ1) is 15.2. The molecule has 1 heterocycles. The highest BCUT2D eigenvalue weighted by Crippen LogP contribution is 2.16. The van der Waals surface area contributed by atoms with Gasteiger partial charge in [-0.25, -0.2) is 0 Å². The average molecular weight is 253 g/mol. The Morgan fingerprint density at radius 2 is 2.22 bits per heavy atom. The lowest BCUT2D eigenvalue weighted by molar-refractivity contribution is 0.197. The van der Waals surface area contributed by atoms with E-state index in [4.69, 9.17) is 4.74 Å². The monoisotopic (exact) mass is 253 g/mol. The second kappa shape index (κ2) is 8.27. The van der Waals surface area contributed by atoms with Crippen LogP contribution in [0.3, 0.4) is 0 Å². The molecule has 4 nitrogen and oxygen atoms in total. The minimum atomic E-state index is 0.672. The standard InChI is InChI=1S/C14H27N3O/c1-12(2)7-13(9-15-5-6-18-4)8-14-10-16-17(3)11-14/h10-13,15H,5-9H2,1-4H3. The number of rotatable bonds is 9. The molecule has 0 saturated carbocycles. The van der Waals surface area contributed by atoms with Gasteiger partial charge >= 0.3 is 0 Å². The SMILES string of the molecule is COCCNCC(Cc1cnn(C)c1)CC(C)C. The van der Waals surface area contributed by atoms with Gasteiger partial charge in [0.25, 0.3) is 0 Å². The van der Waals surface area contributed by atoms with E-state index in [1.165, 1.54) is 12.0 Å². The van der Waals surface area contributed by atoms with Gasteiger partial charge in [0.05, 0.1) is 12.8 Å². The van der Waals surface area contributed by atoms with Crippen LogP contribution in [0.4, 0.5) is 0 Å². The number of aromatic nitrogens is 2. The lowest BCUT2D eigenvalue weighted by Gasteiger charge is -2.19. The highest BCUT2D eigenvalue weighted by molar-refractivity contribution is 5.04. The Bertz CT molecular complexity index is 323. The van der Waals surface area contributed by atoms with E-state index in [1.54, 1.807) is 7.11 Å². The van der Waals surface area contributed by atoms with Crippen LogP contribution in [-0.4, -0.2) is 36.6 Å². The molecule has 0 aliphatic heterocycles. The molecule has 0 fully saturated rings. The van der Waals surface area contributed by atoms with Crippen molar-refractivity contribution in [3.05, 3.63) is 18.0 Å². The highest BCUT2D eigenvalue weighted by Gasteiger charge is 2.12. The molecule has 1 rings (SSSR count). The summed E-state index contributed by atoms with van der Waals surface area (Å²) in [5, 5.41) is 7.70. The molecule has 1 atom stereocenters. The summed E-state index contributed by atoms with van der Waals surface area (Å²) < 4.78 is 6.93. The summed E-state index contributed by atoms with van der Waals surface area (Å²) >= 11 is 0. The first-order valence-electron chi connectivity index (χ1n) is 6.79. The second-order valence-corrected chi connectivity index (χ2v) is 5.42. The third-order valence-electron chi connectivity index (χ3n) is 3.00. The van der Waals surface area contributed by atoms with Gasteiger partial charge in [0.15, 0.2) is 0 Å². The van der Waals surface area contributed by atoms with E-state index >= 15 is 0 Å². The Morgan fingerprint density at radius 1 is 1.44 bits per heavy atom. The fraction of sp³-hybridized carbons (Fsp3) is 0.786. The molecule has 1 unspecified atom stereocenters. The van der Waals surface area contributed by atoms with Crippen LogP contribution in [0.2, 0.25) is 0 Å². The first-order valence-corrected chi connectivity index (χ1v) is 6.79. The molecule has 4 heteroatoms. The number of methoxy groups -OCH3 is 1. The highest BCUT2D eigenvalue weighted by atomic mass is 16.5. The largest absolute Gasteiger partial charge is 0.383 e. The van der Waals surface area contributed by atoms with Crippen molar-refractivity contribution < 1.29 is 4.74 Å². The molecule has 104 valence electrons. The zero-order valence-corrected chi connectivity index (χ0v) is 12.1. The summed E-state index contributed by atoms with van der Waals surface area (Å²) in [5.41, 5.74) is 1.33. The van der Waals surface area contributed by atoms with Crippen molar-refractivity contribution in [1.29, 1.82) is 0 Å². The lowest BCUT2D eigenvalue weighted by Crippen LogP contribution is -2.28. The zero-order chi connectivity index (χ0) is 13.4. The summed E-state index contributed by atoms with van der Waals surface area (Å²) in [5.74, 6) is 1.40. The molecule has 0 aliphatic carbocycles. The average Bonchev–Trinajstić information content (AvgIpc) is 2.69. The summed E-state index contributed by atoms with van der Waals surface area (Å²) in [6.07, 6.45) is 6.44. The Balaban J connectivity index is 2.39. The molecule has 0 aromatic carbocycles. The number of nitrogens with one attached hydrogen (secondary N) is 1. The van der Waals surface area contributed by atoms with E-state index < -0.39 is 0 Å². The van der Waals surface area contributed by atoms with Crippen LogP contribution in [0.5, 0.6) is 0 Å². The fourth-order valence-electron chi connectivity index (χ4n) is 2.30. The topological polar surface area (TPSA) is 39.1 Å². The molecular weight excluding hydrogens is 226 g/mol. The van der Waals surface area contributed by atoms with Crippen molar-refractivity contribution in [2.24, 2.45) is 18.9 Å². The van der Waals surface area contributed by atoms with Gasteiger partial charge in [-0.3, -0.25) is 4.68 Å². The van der Waals surface area contributed by atoms with E-state index in [-0.39, 0.29) is 0 Å². The van der Waals surface area contributed by atoms with Crippen LogP contribution < -0.4 is 5.32 Å². The van der Waals surface area contributed by atoms with Crippen LogP contribution in [0.1, 0.15) is 25.8 Å². The third-order valence-corrected chi connectivity index (χ3v) is 3.00. The maximum atomic E-state index is 5.05. The van der Waals surface area contributed by atoms with Gasteiger partial charge in [-0.05, 0) is 36.8 Å². The second-order valence-electron chi connectivity index (χ2n) is 5.42. The molecule has 0 spiro atoms. The normalized spacial score (nSPS) is 13.2. The summed E-state index contributed by atoms with van der Waals surface area (Å²) in [7, 11) is 3.71. The zero-order valence-electron chi connectivity index (χ0n) is 12.1. The molecule has 0 amide bonds. The van der Waals surface area contributed by atoms with Gasteiger partial charge in [0, 0.05) is 26.9 Å². The van der Waals surface area contributed by atoms with Crippen LogP contribution in [-0.2, 0) is 18.2 Å². The smallest absolute Gasteiger partial charge is 0.0587 e. The minimum Gasteiger partial charge on any atom is -0.383 e. The van der Waals surface area contributed by atoms with Crippen LogP contribution in [0.15, 0.2) is 12.4 Å². The lowest BCUT2D eigenvalue weighted by atomic mass is 9.92. The van der Waals surface area contributed by atoms with Crippen molar-refractivity contribution >= 4 is 0 Å². The molecule has 0 aliphatic rings. The predicted octanol–water partition coefficient (Wildman–Crippen LogP) is 1.86. The Hall–Kier alpha value is -0.870. The maximum absolute atomic E-state index is 5.05. The van der Waals surface area contributed by atoms with E-state index in [2.05, 4.69) is 30.5 Å². The Kier molecular flexibility index (Phi) is 6.98. The fourth-order valence-corrected chi connectivity index (χ4v) is 2.30. The Morgan fingerprint density at radius 3 is 2.78 bits per heavy atom. The summed E-state index contributed by atoms with van der Waals surface area (Å²) in [6, 6.07) is 0. The van der Waals surface area contributed by atoms with Crippen molar-refractivity contribution in [2.45, 2.75) is 26.7 Å². The molecule has 0 saturated heterocycles. The maximum Gasteiger partial charge on any atom is 0.0587 e. The van der Waals surface area contributed by atoms with Crippen molar-refractivity contribution in [1.82, 2.24) is 15.1 Å². The van der Waals surface area contributed by atoms with Crippen molar-refractivity contribution in [3.63, 3.8) is 0 Å². The molecule has 18 heavy (non-hydrogen) atoms. The van der Waals surface area contributed by atoms with Crippen LogP contribution in [0.25, 0.3) is 0 Å². The van der Waals surface area contributed by atoms with Gasteiger partial charge in [-0.15, -0.1) is 0 Å². The number of aryl methyl sites for hydroxylation is 1. The molecule has 0 radical (unpaired) electrons. The van der Waals surface area contributed by atoms with Crippen LogP contribution >= 0.6 is 0 Å². The summed E-state index contributed by atoms with van der Waals surface area (Å²) in [4.78, 5) is 0. The van der Waals surface area contributed by atoms with Crippen LogP contribution in [0, 0.1) is 11.8 Å². The third kappa shape index (κ3) is 6.17. The quantitative estimate of drug-likeness (QED) is 0.683. The van der Waals surface area contributed by atoms with Gasteiger partial charge < -0.3 is 10.1 Å². The van der Waals surface area contributed by atoms with Crippen molar-refractivity contribution in [3.8, 4) is 0 Å². The molecule has 1 aromatic heterocycles. The van der Waals surface area contributed by atoms with Gasteiger partial charge in [0.1, 0.15) is 0 Å². The predicted molar refractivity (Wildman–Crippen MR) is 74.6 cm³/mol. The van der Waals surface area contributed by atoms with Gasteiger partial charge in [-0.1, -0.05) is 13.8 Å². The summed E-state index contributed by atoms with van der Waals surface area (Å²) in [6.45, 7) is 7.33. The van der Waals surface area contributed by atoms with E-state index in [1.807, 2.05) is 17.9 Å². The first-order chi connectivity index (χ1) is 8.61.